The molecule has 0 unspecified atom stereocenters. The van der Waals surface area contributed by atoms with Crippen LogP contribution in [0, 0.1) is 5.82 Å². The lowest BCUT2D eigenvalue weighted by atomic mass is 10.0. The van der Waals surface area contributed by atoms with Gasteiger partial charge in [-0.25, -0.2) is 9.07 Å². The molecular weight excluding hydrogens is 525 g/mol. The van der Waals surface area contributed by atoms with Gasteiger partial charge in [0.25, 0.3) is 5.91 Å². The number of nitrogens with one attached hydrogen (secondary N) is 1. The Balaban J connectivity index is 1.54. The van der Waals surface area contributed by atoms with Crippen molar-refractivity contribution >= 4 is 28.5 Å². The summed E-state index contributed by atoms with van der Waals surface area (Å²) in [6.07, 6.45) is 0. The quantitative estimate of drug-likeness (QED) is 0.262. The standard InChI is InChI=1S/C31H28FN5O4/c1-40-25-15-9-22(10-16-25)30(31(39)33-24-13-17-26(41-2)18-14-24)36(19-21-7-11-23(32)12-8-21)29(38)20-37-28-6-4-3-5-27(28)34-35-37/h3-18,30H,19-20H2,1-2H3,(H,33,39)/t30-/m1/s1. The van der Waals surface area contributed by atoms with Gasteiger partial charge in [0.1, 0.15) is 35.4 Å². The zero-order chi connectivity index (χ0) is 28.8. The first kappa shape index (κ1) is 27.3. The average Bonchev–Trinajstić information content (AvgIpc) is 3.41. The predicted molar refractivity (Wildman–Crippen MR) is 152 cm³/mol. The molecule has 2 amide bonds. The van der Waals surface area contributed by atoms with Crippen molar-refractivity contribution in [1.82, 2.24) is 19.9 Å². The van der Waals surface area contributed by atoms with Gasteiger partial charge in [0, 0.05) is 12.2 Å². The number of para-hydroxylation sites is 1. The third kappa shape index (κ3) is 6.33. The van der Waals surface area contributed by atoms with Crippen LogP contribution in [0.15, 0.2) is 97.1 Å². The second-order valence-corrected chi connectivity index (χ2v) is 9.28. The van der Waals surface area contributed by atoms with Crippen LogP contribution in [0.25, 0.3) is 11.0 Å². The van der Waals surface area contributed by atoms with Gasteiger partial charge >= 0.3 is 0 Å². The first-order chi connectivity index (χ1) is 19.9. The van der Waals surface area contributed by atoms with E-state index in [1.165, 1.54) is 21.7 Å². The van der Waals surface area contributed by atoms with E-state index in [4.69, 9.17) is 9.47 Å². The number of hydrogen-bond donors (Lipinski definition) is 1. The third-order valence-electron chi connectivity index (χ3n) is 6.64. The van der Waals surface area contributed by atoms with E-state index in [0.29, 0.717) is 39.3 Å². The Bertz CT molecular complexity index is 1640. The SMILES string of the molecule is COc1ccc(NC(=O)[C@@H](c2ccc(OC)cc2)N(Cc2ccc(F)cc2)C(=O)Cn2nnc3ccccc32)cc1. The first-order valence-electron chi connectivity index (χ1n) is 12.9. The second-order valence-electron chi connectivity index (χ2n) is 9.28. The summed E-state index contributed by atoms with van der Waals surface area (Å²) in [5.41, 5.74) is 3.08. The molecule has 0 fully saturated rings. The highest BCUT2D eigenvalue weighted by molar-refractivity contribution is 5.98. The van der Waals surface area contributed by atoms with Gasteiger partial charge in [0.15, 0.2) is 0 Å². The first-order valence-corrected chi connectivity index (χ1v) is 12.9. The number of fused-ring (bicyclic) bond motifs is 1. The Morgan fingerprint density at radius 3 is 2.17 bits per heavy atom. The van der Waals surface area contributed by atoms with Crippen LogP contribution in [0.2, 0.25) is 0 Å². The summed E-state index contributed by atoms with van der Waals surface area (Å²) in [7, 11) is 3.11. The summed E-state index contributed by atoms with van der Waals surface area (Å²) in [6.45, 7) is -0.122. The second kappa shape index (κ2) is 12.3. The highest BCUT2D eigenvalue weighted by Gasteiger charge is 2.32. The number of halogens is 1. The molecule has 0 spiro atoms. The Kier molecular flexibility index (Phi) is 8.19. The molecule has 208 valence electrons. The minimum absolute atomic E-state index is 0.0402. The summed E-state index contributed by atoms with van der Waals surface area (Å²) in [6, 6.07) is 25.9. The van der Waals surface area contributed by atoms with E-state index in [-0.39, 0.29) is 19.0 Å². The minimum Gasteiger partial charge on any atom is -0.497 e. The Morgan fingerprint density at radius 1 is 0.878 bits per heavy atom. The van der Waals surface area contributed by atoms with Crippen molar-refractivity contribution in [3.8, 4) is 11.5 Å². The summed E-state index contributed by atoms with van der Waals surface area (Å²) in [5, 5.41) is 11.2. The molecule has 41 heavy (non-hydrogen) atoms. The van der Waals surface area contributed by atoms with Crippen molar-refractivity contribution in [3.63, 3.8) is 0 Å². The van der Waals surface area contributed by atoms with E-state index in [2.05, 4.69) is 15.6 Å². The van der Waals surface area contributed by atoms with Crippen LogP contribution in [0.5, 0.6) is 11.5 Å². The number of carbonyl (C=O) groups excluding carboxylic acids is 2. The summed E-state index contributed by atoms with van der Waals surface area (Å²) in [5.74, 6) is 0.0380. The molecule has 0 aliphatic heterocycles. The average molecular weight is 554 g/mol. The van der Waals surface area contributed by atoms with Crippen molar-refractivity contribution in [2.24, 2.45) is 0 Å². The van der Waals surface area contributed by atoms with E-state index >= 15 is 0 Å². The molecule has 0 radical (unpaired) electrons. The van der Waals surface area contributed by atoms with Gasteiger partial charge in [0.2, 0.25) is 5.91 Å². The lowest BCUT2D eigenvalue weighted by Gasteiger charge is -2.32. The molecule has 1 N–H and O–H groups in total. The van der Waals surface area contributed by atoms with Crippen LogP contribution in [0.3, 0.4) is 0 Å². The number of benzene rings is 4. The molecule has 1 heterocycles. The number of anilines is 1. The Hall–Kier alpha value is -5.25. The molecule has 10 heteroatoms. The largest absolute Gasteiger partial charge is 0.497 e. The number of hydrogen-bond acceptors (Lipinski definition) is 6. The van der Waals surface area contributed by atoms with E-state index in [0.717, 1.165) is 0 Å². The van der Waals surface area contributed by atoms with Gasteiger partial charge in [0.05, 0.1) is 19.7 Å². The summed E-state index contributed by atoms with van der Waals surface area (Å²) < 4.78 is 25.7. The smallest absolute Gasteiger partial charge is 0.251 e. The van der Waals surface area contributed by atoms with E-state index in [1.807, 2.05) is 24.3 Å². The van der Waals surface area contributed by atoms with Gasteiger partial charge in [-0.05, 0) is 71.8 Å². The van der Waals surface area contributed by atoms with Crippen LogP contribution in [0.4, 0.5) is 10.1 Å². The normalized spacial score (nSPS) is 11.6. The van der Waals surface area contributed by atoms with Crippen LogP contribution in [-0.2, 0) is 22.7 Å². The van der Waals surface area contributed by atoms with Crippen molar-refractivity contribution in [3.05, 3.63) is 114 Å². The van der Waals surface area contributed by atoms with Crippen molar-refractivity contribution in [2.75, 3.05) is 19.5 Å². The molecule has 1 atom stereocenters. The summed E-state index contributed by atoms with van der Waals surface area (Å²) >= 11 is 0. The number of amides is 2. The topological polar surface area (TPSA) is 98.6 Å². The van der Waals surface area contributed by atoms with Crippen LogP contribution < -0.4 is 14.8 Å². The maximum atomic E-state index is 14.0. The number of ether oxygens (including phenoxy) is 2. The molecule has 0 aliphatic rings. The zero-order valence-electron chi connectivity index (χ0n) is 22.5. The van der Waals surface area contributed by atoms with Crippen LogP contribution in [0.1, 0.15) is 17.2 Å². The fourth-order valence-corrected chi connectivity index (χ4v) is 4.51. The molecule has 5 aromatic rings. The lowest BCUT2D eigenvalue weighted by Crippen LogP contribution is -2.42. The number of nitrogens with zero attached hydrogens (tertiary/aromatic N) is 4. The van der Waals surface area contributed by atoms with E-state index in [1.54, 1.807) is 74.9 Å². The van der Waals surface area contributed by atoms with Gasteiger partial charge in [-0.3, -0.25) is 9.59 Å². The van der Waals surface area contributed by atoms with Crippen molar-refractivity contribution in [2.45, 2.75) is 19.1 Å². The molecule has 9 nitrogen and oxygen atoms in total. The Labute approximate surface area is 236 Å². The van der Waals surface area contributed by atoms with Crippen LogP contribution in [-0.4, -0.2) is 45.9 Å². The number of aromatic nitrogens is 3. The molecule has 0 aliphatic carbocycles. The van der Waals surface area contributed by atoms with E-state index < -0.39 is 17.8 Å². The van der Waals surface area contributed by atoms with Gasteiger partial charge in [-0.2, -0.15) is 0 Å². The van der Waals surface area contributed by atoms with E-state index in [9.17, 15) is 14.0 Å². The van der Waals surface area contributed by atoms with Gasteiger partial charge in [-0.1, -0.05) is 41.6 Å². The molecule has 0 saturated carbocycles. The summed E-state index contributed by atoms with van der Waals surface area (Å²) in [4.78, 5) is 29.5. The van der Waals surface area contributed by atoms with Gasteiger partial charge in [-0.15, -0.1) is 5.10 Å². The number of carbonyl (C=O) groups is 2. The third-order valence-corrected chi connectivity index (χ3v) is 6.64. The van der Waals surface area contributed by atoms with Gasteiger partial charge < -0.3 is 19.7 Å². The molecular formula is C31H28FN5O4. The van der Waals surface area contributed by atoms with Crippen molar-refractivity contribution in [1.29, 1.82) is 0 Å². The molecule has 0 saturated heterocycles. The lowest BCUT2D eigenvalue weighted by molar-refractivity contribution is -0.140. The molecule has 5 rings (SSSR count). The fourth-order valence-electron chi connectivity index (χ4n) is 4.51. The molecule has 1 aromatic heterocycles. The molecule has 0 bridgehead atoms. The predicted octanol–water partition coefficient (Wildman–Crippen LogP) is 5.00. The minimum atomic E-state index is -1.05. The fraction of sp³-hybridized carbons (Fsp3) is 0.161. The molecule has 4 aromatic carbocycles. The maximum Gasteiger partial charge on any atom is 0.251 e. The monoisotopic (exact) mass is 553 g/mol. The highest BCUT2D eigenvalue weighted by atomic mass is 19.1. The zero-order valence-corrected chi connectivity index (χ0v) is 22.5. The maximum absolute atomic E-state index is 14.0. The highest BCUT2D eigenvalue weighted by Crippen LogP contribution is 2.28. The Morgan fingerprint density at radius 2 is 1.51 bits per heavy atom. The van der Waals surface area contributed by atoms with Crippen LogP contribution >= 0.6 is 0 Å². The van der Waals surface area contributed by atoms with Crippen molar-refractivity contribution < 1.29 is 23.5 Å². The number of rotatable bonds is 10. The number of methoxy groups -OCH3 is 2.